The highest BCUT2D eigenvalue weighted by Gasteiger charge is 2.32. The van der Waals surface area contributed by atoms with Gasteiger partial charge in [0.25, 0.3) is 0 Å². The molecule has 1 fully saturated rings. The summed E-state index contributed by atoms with van der Waals surface area (Å²) >= 11 is 11.9. The van der Waals surface area contributed by atoms with Crippen LogP contribution in [-0.4, -0.2) is 29.5 Å². The van der Waals surface area contributed by atoms with Crippen LogP contribution in [0.4, 0.5) is 0 Å². The van der Waals surface area contributed by atoms with E-state index in [9.17, 15) is 0 Å². The van der Waals surface area contributed by atoms with Crippen LogP contribution in [0.5, 0.6) is 0 Å². The van der Waals surface area contributed by atoms with E-state index in [1.165, 1.54) is 12.8 Å². The van der Waals surface area contributed by atoms with Crippen LogP contribution in [0.2, 0.25) is 10.2 Å². The molecule has 1 aromatic rings. The Morgan fingerprint density at radius 1 is 1.53 bits per heavy atom. The molecule has 0 aliphatic heterocycles. The molecule has 1 aliphatic rings. The second-order valence-corrected chi connectivity index (χ2v) is 5.45. The average Bonchev–Trinajstić information content (AvgIpc) is 3.08. The molecular weight excluding hydrogens is 257 g/mol. The van der Waals surface area contributed by atoms with Gasteiger partial charge in [-0.2, -0.15) is 0 Å². The fraction of sp³-hybridized carbons (Fsp3) is 0.583. The van der Waals surface area contributed by atoms with Crippen molar-refractivity contribution in [1.82, 2.24) is 9.88 Å². The van der Waals surface area contributed by atoms with Crippen LogP contribution in [0.1, 0.15) is 18.4 Å². The number of pyridine rings is 1. The van der Waals surface area contributed by atoms with Crippen molar-refractivity contribution in [3.05, 3.63) is 28.0 Å². The van der Waals surface area contributed by atoms with Crippen molar-refractivity contribution in [2.45, 2.75) is 25.4 Å². The van der Waals surface area contributed by atoms with Gasteiger partial charge in [0.05, 0.1) is 0 Å². The molecule has 1 unspecified atom stereocenters. The SMILES string of the molecule is CN(Cc1cnc(Cl)cc1Cl)C(CN)C1CC1. The summed E-state index contributed by atoms with van der Waals surface area (Å²) in [5.41, 5.74) is 6.82. The number of nitrogens with two attached hydrogens (primary N) is 1. The van der Waals surface area contributed by atoms with Crippen LogP contribution in [0.3, 0.4) is 0 Å². The number of hydrogen-bond donors (Lipinski definition) is 1. The first-order valence-corrected chi connectivity index (χ1v) is 6.57. The molecule has 1 aromatic heterocycles. The third kappa shape index (κ3) is 3.32. The van der Waals surface area contributed by atoms with E-state index in [4.69, 9.17) is 28.9 Å². The van der Waals surface area contributed by atoms with Crippen LogP contribution >= 0.6 is 23.2 Å². The van der Waals surface area contributed by atoms with E-state index in [-0.39, 0.29) is 0 Å². The Balaban J connectivity index is 2.03. The quantitative estimate of drug-likeness (QED) is 0.839. The maximum atomic E-state index is 6.13. The number of rotatable bonds is 5. The van der Waals surface area contributed by atoms with Crippen molar-refractivity contribution in [3.63, 3.8) is 0 Å². The summed E-state index contributed by atoms with van der Waals surface area (Å²) in [4.78, 5) is 6.32. The Labute approximate surface area is 112 Å². The molecule has 0 amide bonds. The zero-order valence-electron chi connectivity index (χ0n) is 9.87. The summed E-state index contributed by atoms with van der Waals surface area (Å²) in [6.45, 7) is 1.46. The predicted octanol–water partition coefficient (Wildman–Crippen LogP) is 2.56. The van der Waals surface area contributed by atoms with Crippen molar-refractivity contribution in [1.29, 1.82) is 0 Å². The summed E-state index contributed by atoms with van der Waals surface area (Å²) in [6.07, 6.45) is 4.32. The summed E-state index contributed by atoms with van der Waals surface area (Å²) in [5, 5.41) is 1.10. The Morgan fingerprint density at radius 2 is 2.24 bits per heavy atom. The standard InChI is InChI=1S/C12H17Cl2N3/c1-17(11(5-15)8-2-3-8)7-9-6-16-12(14)4-10(9)13/h4,6,8,11H,2-3,5,7,15H2,1H3. The maximum absolute atomic E-state index is 6.13. The molecule has 2 rings (SSSR count). The first kappa shape index (κ1) is 13.1. The van der Waals surface area contributed by atoms with Crippen molar-refractivity contribution in [2.75, 3.05) is 13.6 Å². The summed E-state index contributed by atoms with van der Waals surface area (Å²) in [6, 6.07) is 2.13. The third-order valence-electron chi connectivity index (χ3n) is 3.29. The second-order valence-electron chi connectivity index (χ2n) is 4.65. The predicted molar refractivity (Wildman–Crippen MR) is 71.3 cm³/mol. The number of aromatic nitrogens is 1. The zero-order chi connectivity index (χ0) is 12.4. The van der Waals surface area contributed by atoms with E-state index in [0.717, 1.165) is 18.0 Å². The fourth-order valence-electron chi connectivity index (χ4n) is 2.15. The van der Waals surface area contributed by atoms with Crippen LogP contribution in [-0.2, 0) is 6.54 Å². The number of nitrogens with zero attached hydrogens (tertiary/aromatic N) is 2. The van der Waals surface area contributed by atoms with E-state index in [0.29, 0.717) is 22.8 Å². The molecule has 2 N–H and O–H groups in total. The Kier molecular flexibility index (Phi) is 4.26. The smallest absolute Gasteiger partial charge is 0.130 e. The zero-order valence-corrected chi connectivity index (χ0v) is 11.4. The van der Waals surface area contributed by atoms with Gasteiger partial charge in [0, 0.05) is 35.9 Å². The molecule has 1 saturated carbocycles. The van der Waals surface area contributed by atoms with Crippen molar-refractivity contribution >= 4 is 23.2 Å². The summed E-state index contributed by atoms with van der Waals surface area (Å²) in [7, 11) is 2.08. The molecule has 3 nitrogen and oxygen atoms in total. The lowest BCUT2D eigenvalue weighted by Crippen LogP contribution is -2.39. The maximum Gasteiger partial charge on any atom is 0.130 e. The third-order valence-corrected chi connectivity index (χ3v) is 3.85. The van der Waals surface area contributed by atoms with E-state index in [1.807, 2.05) is 0 Å². The average molecular weight is 274 g/mol. The minimum Gasteiger partial charge on any atom is -0.329 e. The van der Waals surface area contributed by atoms with Gasteiger partial charge in [-0.3, -0.25) is 4.90 Å². The van der Waals surface area contributed by atoms with Crippen LogP contribution in [0, 0.1) is 5.92 Å². The lowest BCUT2D eigenvalue weighted by molar-refractivity contribution is 0.215. The van der Waals surface area contributed by atoms with Gasteiger partial charge in [0.2, 0.25) is 0 Å². The molecule has 1 heterocycles. The normalized spacial score (nSPS) is 17.5. The van der Waals surface area contributed by atoms with Crippen LogP contribution in [0.15, 0.2) is 12.3 Å². The first-order valence-electron chi connectivity index (χ1n) is 5.82. The minimum absolute atomic E-state index is 0.430. The molecule has 0 saturated heterocycles. The molecule has 1 atom stereocenters. The Hall–Kier alpha value is -0.350. The van der Waals surface area contributed by atoms with E-state index >= 15 is 0 Å². The van der Waals surface area contributed by atoms with Gasteiger partial charge in [0.15, 0.2) is 0 Å². The lowest BCUT2D eigenvalue weighted by atomic mass is 10.1. The fourth-order valence-corrected chi connectivity index (χ4v) is 2.58. The van der Waals surface area contributed by atoms with Gasteiger partial charge < -0.3 is 5.73 Å². The van der Waals surface area contributed by atoms with Gasteiger partial charge >= 0.3 is 0 Å². The van der Waals surface area contributed by atoms with Gasteiger partial charge in [-0.05, 0) is 31.9 Å². The van der Waals surface area contributed by atoms with Crippen molar-refractivity contribution < 1.29 is 0 Å². The first-order chi connectivity index (χ1) is 8.11. The highest BCUT2D eigenvalue weighted by Crippen LogP contribution is 2.35. The largest absolute Gasteiger partial charge is 0.329 e. The molecule has 17 heavy (non-hydrogen) atoms. The summed E-state index contributed by atoms with van der Waals surface area (Å²) < 4.78 is 0. The van der Waals surface area contributed by atoms with E-state index in [1.54, 1.807) is 12.3 Å². The molecule has 0 radical (unpaired) electrons. The number of halogens is 2. The van der Waals surface area contributed by atoms with E-state index in [2.05, 4.69) is 16.9 Å². The van der Waals surface area contributed by atoms with Crippen LogP contribution < -0.4 is 5.73 Å². The minimum atomic E-state index is 0.430. The highest BCUT2D eigenvalue weighted by atomic mass is 35.5. The molecule has 94 valence electrons. The molecule has 0 bridgehead atoms. The Morgan fingerprint density at radius 3 is 2.76 bits per heavy atom. The second kappa shape index (κ2) is 5.53. The molecule has 1 aliphatic carbocycles. The molecule has 0 spiro atoms. The molecule has 5 heteroatoms. The van der Waals surface area contributed by atoms with Crippen molar-refractivity contribution in [3.8, 4) is 0 Å². The van der Waals surface area contributed by atoms with Gasteiger partial charge in [-0.1, -0.05) is 23.2 Å². The van der Waals surface area contributed by atoms with Crippen molar-refractivity contribution in [2.24, 2.45) is 11.7 Å². The lowest BCUT2D eigenvalue weighted by Gasteiger charge is -2.27. The van der Waals surface area contributed by atoms with Crippen LogP contribution in [0.25, 0.3) is 0 Å². The van der Waals surface area contributed by atoms with Gasteiger partial charge in [-0.15, -0.1) is 0 Å². The highest BCUT2D eigenvalue weighted by molar-refractivity contribution is 6.34. The topological polar surface area (TPSA) is 42.2 Å². The number of hydrogen-bond acceptors (Lipinski definition) is 3. The molecular formula is C12H17Cl2N3. The molecule has 0 aromatic carbocycles. The van der Waals surface area contributed by atoms with Gasteiger partial charge in [0.1, 0.15) is 5.15 Å². The Bertz CT molecular complexity index is 393. The van der Waals surface area contributed by atoms with E-state index < -0.39 is 0 Å². The monoisotopic (exact) mass is 273 g/mol. The van der Waals surface area contributed by atoms with Gasteiger partial charge in [-0.25, -0.2) is 4.98 Å². The summed E-state index contributed by atoms with van der Waals surface area (Å²) in [5.74, 6) is 0.754. The number of likely N-dealkylation sites (N-methyl/N-ethyl adjacent to an activating group) is 1.